The molecule has 0 spiro atoms. The van der Waals surface area contributed by atoms with Crippen molar-refractivity contribution in [1.82, 2.24) is 0 Å². The average molecular weight is 294 g/mol. The summed E-state index contributed by atoms with van der Waals surface area (Å²) in [5.74, 6) is 0. The second-order valence-corrected chi connectivity index (χ2v) is 9.89. The molecule has 3 N–H and O–H groups in total. The summed E-state index contributed by atoms with van der Waals surface area (Å²) in [5.41, 5.74) is 0. The number of hydrogen-bond acceptors (Lipinski definition) is 3. The molecule has 0 aliphatic carbocycles. The van der Waals surface area contributed by atoms with Gasteiger partial charge in [-0.2, -0.15) is 0 Å². The first kappa shape index (κ1) is 19.3. The van der Waals surface area contributed by atoms with Crippen LogP contribution in [0.15, 0.2) is 0 Å². The van der Waals surface area contributed by atoms with Crippen molar-refractivity contribution in [3.8, 4) is 0 Å². The van der Waals surface area contributed by atoms with Gasteiger partial charge in [0, 0.05) is 0 Å². The van der Waals surface area contributed by atoms with Crippen molar-refractivity contribution < 1.29 is 14.7 Å². The molecule has 0 unspecified atom stereocenters. The van der Waals surface area contributed by atoms with Gasteiger partial charge in [-0.3, -0.25) is 0 Å². The van der Waals surface area contributed by atoms with Crippen LogP contribution in [-0.2, 0) is 0 Å². The van der Waals surface area contributed by atoms with Crippen molar-refractivity contribution in [2.45, 2.75) is 84.0 Å². The number of hydrogen-bond donors (Lipinski definition) is 3. The second kappa shape index (κ2) is 10.1. The zero-order valence-corrected chi connectivity index (χ0v) is 13.9. The Hall–Kier alpha value is 0.310. The molecule has 118 valence electrons. The van der Waals surface area contributed by atoms with Gasteiger partial charge in [-0.1, -0.05) is 13.3 Å². The topological polar surface area (TPSA) is 60.7 Å². The minimum absolute atomic E-state index is 0.156. The zero-order valence-electron chi connectivity index (χ0n) is 13.0. The molecule has 0 heterocycles. The van der Waals surface area contributed by atoms with E-state index in [2.05, 4.69) is 6.92 Å². The summed E-state index contributed by atoms with van der Waals surface area (Å²) < 4.78 is 0. The Bertz CT molecular complexity index is 202. The molecule has 0 aliphatic rings. The van der Waals surface area contributed by atoms with E-state index in [9.17, 15) is 14.7 Å². The van der Waals surface area contributed by atoms with Gasteiger partial charge in [0.05, 0.1) is 0 Å². The quantitative estimate of drug-likeness (QED) is 0.344. The predicted molar refractivity (Wildman–Crippen MR) is 85.4 cm³/mol. The molecule has 0 aromatic carbocycles. The molecule has 3 nitrogen and oxygen atoms in total. The van der Waals surface area contributed by atoms with Crippen LogP contribution >= 0.6 is 7.28 Å². The SMILES string of the molecule is CCCCCCCCCCCCCCP(C)(O)(O)O. The molecule has 0 aromatic rings. The Morgan fingerprint density at radius 3 is 1.21 bits per heavy atom. The first-order valence-electron chi connectivity index (χ1n) is 8.07. The Kier molecular flexibility index (Phi) is 10.3. The second-order valence-electron chi connectivity index (χ2n) is 6.22. The van der Waals surface area contributed by atoms with E-state index in [0.29, 0.717) is 0 Å². The molecule has 19 heavy (non-hydrogen) atoms. The maximum absolute atomic E-state index is 9.29. The zero-order chi connectivity index (χ0) is 14.6. The third-order valence-corrected chi connectivity index (χ3v) is 4.90. The molecule has 0 rings (SSSR count). The van der Waals surface area contributed by atoms with Gasteiger partial charge >= 0.3 is 105 Å². The van der Waals surface area contributed by atoms with Crippen LogP contribution in [-0.4, -0.2) is 27.5 Å². The van der Waals surface area contributed by atoms with E-state index in [4.69, 9.17) is 0 Å². The van der Waals surface area contributed by atoms with Crippen LogP contribution in [0.25, 0.3) is 0 Å². The Labute approximate surface area is 119 Å². The van der Waals surface area contributed by atoms with Gasteiger partial charge in [0.25, 0.3) is 0 Å². The van der Waals surface area contributed by atoms with E-state index >= 15 is 0 Å². The van der Waals surface area contributed by atoms with Crippen LogP contribution in [0, 0.1) is 0 Å². The summed E-state index contributed by atoms with van der Waals surface area (Å²) >= 11 is 0. The van der Waals surface area contributed by atoms with Crippen LogP contribution in [0.3, 0.4) is 0 Å². The van der Waals surface area contributed by atoms with Gasteiger partial charge in [0.2, 0.25) is 0 Å². The standard InChI is InChI=1S/C15H35O3P/c1-3-4-5-6-7-8-9-10-11-12-13-14-15-19(2,16,17)18/h16-18H,3-15H2,1-2H3. The van der Waals surface area contributed by atoms with E-state index in [1.807, 2.05) is 0 Å². The van der Waals surface area contributed by atoms with Crippen LogP contribution in [0.5, 0.6) is 0 Å². The van der Waals surface area contributed by atoms with Crippen LogP contribution in [0.1, 0.15) is 84.0 Å². The normalized spacial score (nSPS) is 14.3. The fourth-order valence-corrected chi connectivity index (χ4v) is 3.29. The van der Waals surface area contributed by atoms with Gasteiger partial charge in [-0.05, 0) is 0 Å². The minimum atomic E-state index is -4.21. The van der Waals surface area contributed by atoms with Crippen LogP contribution in [0.4, 0.5) is 0 Å². The molecular formula is C15H35O3P. The summed E-state index contributed by atoms with van der Waals surface area (Å²) in [4.78, 5) is 27.9. The van der Waals surface area contributed by atoms with Crippen molar-refractivity contribution in [3.63, 3.8) is 0 Å². The molecule has 0 bridgehead atoms. The van der Waals surface area contributed by atoms with Crippen molar-refractivity contribution in [3.05, 3.63) is 0 Å². The van der Waals surface area contributed by atoms with Gasteiger partial charge in [-0.25, -0.2) is 0 Å². The predicted octanol–water partition coefficient (Wildman–Crippen LogP) is 4.59. The third kappa shape index (κ3) is 18.3. The van der Waals surface area contributed by atoms with Crippen LogP contribution in [0.2, 0.25) is 0 Å². The van der Waals surface area contributed by atoms with E-state index in [-0.39, 0.29) is 6.16 Å². The van der Waals surface area contributed by atoms with Gasteiger partial charge in [-0.15, -0.1) is 0 Å². The molecule has 0 atom stereocenters. The molecule has 4 heteroatoms. The van der Waals surface area contributed by atoms with Crippen molar-refractivity contribution in [2.24, 2.45) is 0 Å². The first-order chi connectivity index (χ1) is 8.81. The molecular weight excluding hydrogens is 259 g/mol. The van der Waals surface area contributed by atoms with Crippen molar-refractivity contribution in [2.75, 3.05) is 12.8 Å². The molecule has 0 saturated carbocycles. The monoisotopic (exact) mass is 294 g/mol. The van der Waals surface area contributed by atoms with Crippen LogP contribution < -0.4 is 0 Å². The molecule has 0 saturated heterocycles. The van der Waals surface area contributed by atoms with E-state index < -0.39 is 7.28 Å². The Morgan fingerprint density at radius 1 is 0.579 bits per heavy atom. The number of unbranched alkanes of at least 4 members (excludes halogenated alkanes) is 11. The molecule has 0 aromatic heterocycles. The summed E-state index contributed by atoms with van der Waals surface area (Å²) in [5, 5.41) is 0. The maximum atomic E-state index is 9.29. The molecule has 0 radical (unpaired) electrons. The van der Waals surface area contributed by atoms with Gasteiger partial charge in [0.15, 0.2) is 0 Å². The summed E-state index contributed by atoms with van der Waals surface area (Å²) in [6.07, 6.45) is 15.1. The van der Waals surface area contributed by atoms with Gasteiger partial charge in [0.1, 0.15) is 0 Å². The number of rotatable bonds is 13. The Balaban J connectivity index is 3.12. The fraction of sp³-hybridized carbons (Fsp3) is 1.00. The van der Waals surface area contributed by atoms with Crippen molar-refractivity contribution >= 4 is 7.28 Å². The Morgan fingerprint density at radius 2 is 0.895 bits per heavy atom. The van der Waals surface area contributed by atoms with E-state index in [1.165, 1.54) is 64.5 Å². The van der Waals surface area contributed by atoms with E-state index in [0.717, 1.165) is 19.3 Å². The van der Waals surface area contributed by atoms with E-state index in [1.54, 1.807) is 0 Å². The summed E-state index contributed by atoms with van der Waals surface area (Å²) in [6, 6.07) is 0. The molecule has 0 fully saturated rings. The average Bonchev–Trinajstić information content (AvgIpc) is 2.28. The first-order valence-corrected chi connectivity index (χ1v) is 10.8. The molecule has 0 aliphatic heterocycles. The third-order valence-electron chi connectivity index (χ3n) is 3.54. The van der Waals surface area contributed by atoms with Crippen molar-refractivity contribution in [1.29, 1.82) is 0 Å². The summed E-state index contributed by atoms with van der Waals surface area (Å²) in [7, 11) is -4.21. The van der Waals surface area contributed by atoms with Gasteiger partial charge < -0.3 is 0 Å². The molecule has 0 amide bonds. The fourth-order valence-electron chi connectivity index (χ4n) is 2.32. The summed E-state index contributed by atoms with van der Waals surface area (Å²) in [6.45, 7) is 3.42.